The average molecular weight is 248 g/mol. The molecule has 1 unspecified atom stereocenters. The lowest BCUT2D eigenvalue weighted by Crippen LogP contribution is -2.33. The maximum Gasteiger partial charge on any atom is 0.0320 e. The van der Waals surface area contributed by atoms with Crippen molar-refractivity contribution in [1.82, 2.24) is 4.90 Å². The molecule has 0 saturated carbocycles. The molecule has 1 aromatic carbocycles. The first kappa shape index (κ1) is 15.0. The van der Waals surface area contributed by atoms with E-state index >= 15 is 0 Å². The van der Waals surface area contributed by atoms with E-state index in [1.807, 2.05) is 12.1 Å². The zero-order valence-electron chi connectivity index (χ0n) is 12.5. The van der Waals surface area contributed by atoms with Crippen molar-refractivity contribution in [2.24, 2.45) is 11.8 Å². The van der Waals surface area contributed by atoms with E-state index in [-0.39, 0.29) is 0 Å². The molecule has 2 nitrogen and oxygen atoms in total. The summed E-state index contributed by atoms with van der Waals surface area (Å²) >= 11 is 0. The van der Waals surface area contributed by atoms with Crippen molar-refractivity contribution >= 4 is 5.69 Å². The highest BCUT2D eigenvalue weighted by atomic mass is 15.2. The van der Waals surface area contributed by atoms with Crippen LogP contribution in [0.3, 0.4) is 0 Å². The summed E-state index contributed by atoms with van der Waals surface area (Å²) in [4.78, 5) is 2.57. The highest BCUT2D eigenvalue weighted by molar-refractivity contribution is 5.40. The van der Waals surface area contributed by atoms with Crippen LogP contribution in [-0.4, -0.2) is 18.0 Å². The molecule has 0 aromatic heterocycles. The second-order valence-corrected chi connectivity index (χ2v) is 6.08. The number of rotatable bonds is 6. The Kier molecular flexibility index (Phi) is 5.67. The van der Waals surface area contributed by atoms with Gasteiger partial charge in [0.2, 0.25) is 0 Å². The molecule has 0 aliphatic rings. The lowest BCUT2D eigenvalue weighted by Gasteiger charge is -2.32. The Hall–Kier alpha value is -1.02. The van der Waals surface area contributed by atoms with Crippen LogP contribution in [0.1, 0.15) is 46.2 Å². The fraction of sp³-hybridized carbons (Fsp3) is 0.625. The van der Waals surface area contributed by atoms with Gasteiger partial charge in [-0.15, -0.1) is 0 Å². The van der Waals surface area contributed by atoms with Crippen LogP contribution >= 0.6 is 0 Å². The third-order valence-electron chi connectivity index (χ3n) is 3.17. The third-order valence-corrected chi connectivity index (χ3v) is 3.17. The molecule has 2 heteroatoms. The Bertz CT molecular complexity index is 331. The summed E-state index contributed by atoms with van der Waals surface area (Å²) in [7, 11) is 0. The molecule has 0 amide bonds. The Morgan fingerprint density at radius 1 is 0.889 bits per heavy atom. The van der Waals surface area contributed by atoms with Gasteiger partial charge in [0.1, 0.15) is 0 Å². The van der Waals surface area contributed by atoms with Gasteiger partial charge in [-0.3, -0.25) is 4.90 Å². The molecular weight excluding hydrogens is 220 g/mol. The van der Waals surface area contributed by atoms with E-state index in [1.54, 1.807) is 0 Å². The Balaban J connectivity index is 2.80. The fourth-order valence-corrected chi connectivity index (χ4v) is 2.31. The molecule has 102 valence electrons. The lowest BCUT2D eigenvalue weighted by molar-refractivity contribution is 0.167. The summed E-state index contributed by atoms with van der Waals surface area (Å²) in [5.74, 6) is 1.39. The van der Waals surface area contributed by atoms with Crippen LogP contribution in [0.25, 0.3) is 0 Å². The van der Waals surface area contributed by atoms with Gasteiger partial charge >= 0.3 is 0 Å². The topological polar surface area (TPSA) is 29.3 Å². The first-order valence-electron chi connectivity index (χ1n) is 6.99. The van der Waals surface area contributed by atoms with Crippen molar-refractivity contribution in [2.45, 2.75) is 40.7 Å². The van der Waals surface area contributed by atoms with Crippen molar-refractivity contribution in [1.29, 1.82) is 0 Å². The van der Waals surface area contributed by atoms with Crippen LogP contribution in [0.4, 0.5) is 5.69 Å². The number of hydrogen-bond acceptors (Lipinski definition) is 2. The van der Waals surface area contributed by atoms with Crippen molar-refractivity contribution in [3.05, 3.63) is 29.8 Å². The van der Waals surface area contributed by atoms with Crippen LogP contribution in [0.2, 0.25) is 0 Å². The molecule has 1 aromatic rings. The minimum Gasteiger partial charge on any atom is -0.399 e. The molecule has 0 radical (unpaired) electrons. The van der Waals surface area contributed by atoms with Crippen LogP contribution in [0.5, 0.6) is 0 Å². The van der Waals surface area contributed by atoms with Crippen LogP contribution < -0.4 is 5.73 Å². The summed E-state index contributed by atoms with van der Waals surface area (Å²) in [5.41, 5.74) is 7.94. The molecule has 0 aliphatic carbocycles. The van der Waals surface area contributed by atoms with Crippen LogP contribution in [0, 0.1) is 11.8 Å². The van der Waals surface area contributed by atoms with Gasteiger partial charge in [-0.25, -0.2) is 0 Å². The van der Waals surface area contributed by atoms with E-state index in [0.29, 0.717) is 17.9 Å². The highest BCUT2D eigenvalue weighted by Gasteiger charge is 2.17. The molecule has 0 heterocycles. The zero-order valence-corrected chi connectivity index (χ0v) is 12.5. The smallest absolute Gasteiger partial charge is 0.0320 e. The standard InChI is InChI=1S/C16H28N2/c1-12(2)10-18(11-13(3)4)14(5)15-6-8-16(17)9-7-15/h6-9,12-14H,10-11,17H2,1-5H3. The van der Waals surface area contributed by atoms with Gasteiger partial charge in [0.15, 0.2) is 0 Å². The number of nitrogen functional groups attached to an aromatic ring is 1. The fourth-order valence-electron chi connectivity index (χ4n) is 2.31. The monoisotopic (exact) mass is 248 g/mol. The van der Waals surface area contributed by atoms with E-state index in [1.165, 1.54) is 5.56 Å². The normalized spacial score (nSPS) is 13.6. The Labute approximate surface area is 112 Å². The van der Waals surface area contributed by atoms with Gasteiger partial charge in [-0.2, -0.15) is 0 Å². The number of nitrogens with two attached hydrogens (primary N) is 1. The number of anilines is 1. The second kappa shape index (κ2) is 6.79. The van der Waals surface area contributed by atoms with E-state index in [2.05, 4.69) is 51.7 Å². The summed E-state index contributed by atoms with van der Waals surface area (Å²) in [6.45, 7) is 13.7. The first-order valence-corrected chi connectivity index (χ1v) is 6.99. The van der Waals surface area contributed by atoms with E-state index in [0.717, 1.165) is 18.8 Å². The minimum atomic E-state index is 0.454. The molecule has 18 heavy (non-hydrogen) atoms. The third kappa shape index (κ3) is 4.69. The number of nitrogens with zero attached hydrogens (tertiary/aromatic N) is 1. The van der Waals surface area contributed by atoms with Crippen molar-refractivity contribution in [2.75, 3.05) is 18.8 Å². The zero-order chi connectivity index (χ0) is 13.7. The highest BCUT2D eigenvalue weighted by Crippen LogP contribution is 2.23. The molecule has 2 N–H and O–H groups in total. The van der Waals surface area contributed by atoms with Crippen LogP contribution in [-0.2, 0) is 0 Å². The average Bonchev–Trinajstić information content (AvgIpc) is 2.27. The van der Waals surface area contributed by atoms with Crippen molar-refractivity contribution in [3.8, 4) is 0 Å². The second-order valence-electron chi connectivity index (χ2n) is 6.08. The van der Waals surface area contributed by atoms with Crippen molar-refractivity contribution < 1.29 is 0 Å². The van der Waals surface area contributed by atoms with Gasteiger partial charge in [-0.05, 0) is 36.5 Å². The maximum atomic E-state index is 5.75. The van der Waals surface area contributed by atoms with Gasteiger partial charge in [0.25, 0.3) is 0 Å². The largest absolute Gasteiger partial charge is 0.399 e. The van der Waals surface area contributed by atoms with Gasteiger partial charge in [0.05, 0.1) is 0 Å². The van der Waals surface area contributed by atoms with E-state index in [9.17, 15) is 0 Å². The molecule has 0 spiro atoms. The van der Waals surface area contributed by atoms with Gasteiger partial charge < -0.3 is 5.73 Å². The van der Waals surface area contributed by atoms with Gasteiger partial charge in [-0.1, -0.05) is 39.8 Å². The molecule has 0 bridgehead atoms. The van der Waals surface area contributed by atoms with E-state index in [4.69, 9.17) is 5.73 Å². The summed E-state index contributed by atoms with van der Waals surface area (Å²) in [6.07, 6.45) is 0. The first-order chi connectivity index (χ1) is 8.40. The molecular formula is C16H28N2. The lowest BCUT2D eigenvalue weighted by atomic mass is 10.0. The molecule has 1 rings (SSSR count). The molecule has 0 saturated heterocycles. The summed E-state index contributed by atoms with van der Waals surface area (Å²) in [6, 6.07) is 8.74. The quantitative estimate of drug-likeness (QED) is 0.773. The van der Waals surface area contributed by atoms with Gasteiger partial charge in [0, 0.05) is 24.8 Å². The predicted octanol–water partition coefficient (Wildman–Crippen LogP) is 3.94. The van der Waals surface area contributed by atoms with Crippen LogP contribution in [0.15, 0.2) is 24.3 Å². The summed E-state index contributed by atoms with van der Waals surface area (Å²) in [5, 5.41) is 0. The van der Waals surface area contributed by atoms with Crippen molar-refractivity contribution in [3.63, 3.8) is 0 Å². The van der Waals surface area contributed by atoms with E-state index < -0.39 is 0 Å². The Morgan fingerprint density at radius 3 is 1.72 bits per heavy atom. The number of hydrogen-bond donors (Lipinski definition) is 1. The summed E-state index contributed by atoms with van der Waals surface area (Å²) < 4.78 is 0. The molecule has 1 atom stereocenters. The molecule has 0 aliphatic heterocycles. The Morgan fingerprint density at radius 2 is 1.33 bits per heavy atom. The molecule has 0 fully saturated rings. The number of benzene rings is 1. The SMILES string of the molecule is CC(C)CN(CC(C)C)C(C)c1ccc(N)cc1. The minimum absolute atomic E-state index is 0.454. The maximum absolute atomic E-state index is 5.75. The predicted molar refractivity (Wildman–Crippen MR) is 80.5 cm³/mol.